The van der Waals surface area contributed by atoms with E-state index in [0.717, 1.165) is 47.0 Å². The lowest BCUT2D eigenvalue weighted by Gasteiger charge is -2.35. The number of methoxy groups -OCH3 is 1. The van der Waals surface area contributed by atoms with E-state index in [-0.39, 0.29) is 22.4 Å². The Balaban J connectivity index is 1.36. The molecule has 7 rings (SSSR count). The maximum Gasteiger partial charge on any atom is 0.217 e. The first-order chi connectivity index (χ1) is 18.8. The molecule has 3 aliphatic rings. The van der Waals surface area contributed by atoms with E-state index in [4.69, 9.17) is 4.74 Å². The van der Waals surface area contributed by atoms with E-state index in [1.807, 2.05) is 29.1 Å². The van der Waals surface area contributed by atoms with E-state index in [9.17, 15) is 12.8 Å². The normalized spacial score (nSPS) is 27.3. The summed E-state index contributed by atoms with van der Waals surface area (Å²) in [5.41, 5.74) is 4.27. The molecule has 3 fully saturated rings. The van der Waals surface area contributed by atoms with Crippen LogP contribution in [0.4, 0.5) is 4.39 Å². The summed E-state index contributed by atoms with van der Waals surface area (Å²) < 4.78 is 50.4. The van der Waals surface area contributed by atoms with Gasteiger partial charge in [0.15, 0.2) is 0 Å². The highest BCUT2D eigenvalue weighted by molar-refractivity contribution is 7.90. The second kappa shape index (κ2) is 8.71. The van der Waals surface area contributed by atoms with Gasteiger partial charge in [-0.2, -0.15) is 5.10 Å². The number of halogens is 1. The second-order valence-electron chi connectivity index (χ2n) is 11.6. The number of fused-ring (bicyclic) bond motifs is 2. The molecule has 0 radical (unpaired) electrons. The number of hydrogen-bond acceptors (Lipinski definition) is 4. The minimum absolute atomic E-state index is 0.120. The number of aryl methyl sites for hydroxylation is 1. The molecular weight excluding hydrogens is 513 g/mol. The van der Waals surface area contributed by atoms with Gasteiger partial charge in [0.1, 0.15) is 5.82 Å². The summed E-state index contributed by atoms with van der Waals surface area (Å²) in [6.45, 7) is 3.09. The van der Waals surface area contributed by atoms with Gasteiger partial charge in [0.25, 0.3) is 0 Å². The highest BCUT2D eigenvalue weighted by atomic mass is 32.2. The van der Waals surface area contributed by atoms with Crippen molar-refractivity contribution in [3.8, 4) is 5.69 Å². The molecule has 202 valence electrons. The summed E-state index contributed by atoms with van der Waals surface area (Å²) >= 11 is 0. The Bertz CT molecular complexity index is 1670. The van der Waals surface area contributed by atoms with Gasteiger partial charge in [-0.1, -0.05) is 30.3 Å². The molecule has 1 aliphatic heterocycles. The van der Waals surface area contributed by atoms with Gasteiger partial charge in [-0.3, -0.25) is 0 Å². The fourth-order valence-corrected chi connectivity index (χ4v) is 9.23. The van der Waals surface area contributed by atoms with Crippen molar-refractivity contribution >= 4 is 20.9 Å². The third-order valence-corrected chi connectivity index (χ3v) is 11.7. The van der Waals surface area contributed by atoms with Gasteiger partial charge < -0.3 is 4.74 Å². The van der Waals surface area contributed by atoms with Crippen molar-refractivity contribution in [2.45, 2.75) is 48.9 Å². The van der Waals surface area contributed by atoms with Crippen LogP contribution in [0.1, 0.15) is 42.4 Å². The first kappa shape index (κ1) is 24.9. The van der Waals surface area contributed by atoms with Crippen LogP contribution in [0.5, 0.6) is 0 Å². The first-order valence-electron chi connectivity index (χ1n) is 13.6. The van der Waals surface area contributed by atoms with Crippen LogP contribution >= 0.6 is 0 Å². The zero-order valence-electron chi connectivity index (χ0n) is 22.2. The van der Waals surface area contributed by atoms with Crippen LogP contribution in [0.25, 0.3) is 16.6 Å². The van der Waals surface area contributed by atoms with Crippen molar-refractivity contribution < 1.29 is 17.5 Å². The summed E-state index contributed by atoms with van der Waals surface area (Å²) in [7, 11) is -1.53. The molecule has 1 saturated heterocycles. The Hall–Kier alpha value is -3.07. The van der Waals surface area contributed by atoms with Crippen molar-refractivity contribution in [3.63, 3.8) is 0 Å². The lowest BCUT2D eigenvalue weighted by atomic mass is 9.72. The van der Waals surface area contributed by atoms with Crippen LogP contribution in [0.3, 0.4) is 0 Å². The smallest absolute Gasteiger partial charge is 0.217 e. The average molecular weight is 546 g/mol. The van der Waals surface area contributed by atoms with E-state index < -0.39 is 15.6 Å². The van der Waals surface area contributed by atoms with Crippen LogP contribution in [-0.4, -0.2) is 48.0 Å². The second-order valence-corrected chi connectivity index (χ2v) is 13.8. The van der Waals surface area contributed by atoms with E-state index in [1.54, 1.807) is 23.5 Å². The summed E-state index contributed by atoms with van der Waals surface area (Å²) in [5, 5.41) is 5.38. The summed E-state index contributed by atoms with van der Waals surface area (Å²) in [4.78, 5) is 0. The van der Waals surface area contributed by atoms with Gasteiger partial charge in [0.05, 0.1) is 28.3 Å². The van der Waals surface area contributed by atoms with Crippen molar-refractivity contribution in [1.82, 2.24) is 14.1 Å². The fraction of sp³-hybridized carbons (Fsp3) is 0.387. The molecule has 39 heavy (non-hydrogen) atoms. The molecule has 0 amide bonds. The quantitative estimate of drug-likeness (QED) is 0.322. The summed E-state index contributed by atoms with van der Waals surface area (Å²) in [5.74, 6) is -0.165. The largest absolute Gasteiger partial charge is 0.373 e. The van der Waals surface area contributed by atoms with Crippen LogP contribution in [0, 0.1) is 18.7 Å². The molecule has 6 nitrogen and oxygen atoms in total. The third kappa shape index (κ3) is 3.79. The summed E-state index contributed by atoms with van der Waals surface area (Å²) in [6.07, 6.45) is 4.83. The number of benzene rings is 3. The molecule has 0 unspecified atom stereocenters. The third-order valence-electron chi connectivity index (χ3n) is 9.36. The van der Waals surface area contributed by atoms with Gasteiger partial charge in [0, 0.05) is 31.0 Å². The van der Waals surface area contributed by atoms with Crippen LogP contribution in [-0.2, 0) is 25.8 Å². The average Bonchev–Trinajstić information content (AvgIpc) is 3.53. The Kier molecular flexibility index (Phi) is 5.57. The van der Waals surface area contributed by atoms with E-state index in [1.165, 1.54) is 17.7 Å². The molecule has 2 aliphatic carbocycles. The molecule has 0 spiro atoms. The molecule has 2 saturated carbocycles. The zero-order valence-corrected chi connectivity index (χ0v) is 23.0. The number of ether oxygens (including phenoxy) is 1. The van der Waals surface area contributed by atoms with Gasteiger partial charge in [-0.25, -0.2) is 21.8 Å². The minimum atomic E-state index is -3.31. The maximum absolute atomic E-state index is 13.6. The minimum Gasteiger partial charge on any atom is -0.373 e. The van der Waals surface area contributed by atoms with Crippen LogP contribution in [0.2, 0.25) is 0 Å². The van der Waals surface area contributed by atoms with Crippen molar-refractivity contribution in [3.05, 3.63) is 95.4 Å². The van der Waals surface area contributed by atoms with Crippen LogP contribution in [0.15, 0.2) is 72.9 Å². The number of rotatable bonds is 6. The predicted octanol–water partition coefficient (Wildman–Crippen LogP) is 5.47. The summed E-state index contributed by atoms with van der Waals surface area (Å²) in [6, 6.07) is 21.0. The molecule has 0 N–H and O–H groups in total. The van der Waals surface area contributed by atoms with Gasteiger partial charge in [-0.05, 0) is 91.6 Å². The Morgan fingerprint density at radius 1 is 1.05 bits per heavy atom. The van der Waals surface area contributed by atoms with Gasteiger partial charge >= 0.3 is 0 Å². The number of hydrogen-bond donors (Lipinski definition) is 0. The topological polar surface area (TPSA) is 64.4 Å². The standard InChI is InChI=1S/C31H32FN3O3S/c1-21-14-29-22(17-33-35(29)26-10-8-25(32)9-11-26)15-28(21)30-19-31(38-2,23-6-4-3-5-7-23)16-24(30)18-34(20-30)39(36,37)27-12-13-27/h3-11,14-15,17,24,27H,12-13,16,18-20H2,1-2H3/t24-,30-,31-/m0/s1. The zero-order chi connectivity index (χ0) is 27.0. The van der Waals surface area contributed by atoms with Gasteiger partial charge in [0.2, 0.25) is 10.0 Å². The molecule has 2 heterocycles. The van der Waals surface area contributed by atoms with Gasteiger partial charge in [-0.15, -0.1) is 0 Å². The van der Waals surface area contributed by atoms with Crippen molar-refractivity contribution in [2.75, 3.05) is 20.2 Å². The molecule has 0 bridgehead atoms. The van der Waals surface area contributed by atoms with E-state index in [0.29, 0.717) is 19.5 Å². The Morgan fingerprint density at radius 2 is 1.79 bits per heavy atom. The predicted molar refractivity (Wildman–Crippen MR) is 149 cm³/mol. The highest BCUT2D eigenvalue weighted by Gasteiger charge is 2.63. The number of aromatic nitrogens is 2. The Morgan fingerprint density at radius 3 is 2.49 bits per heavy atom. The molecule has 3 atom stereocenters. The molecule has 1 aromatic heterocycles. The van der Waals surface area contributed by atoms with E-state index >= 15 is 0 Å². The molecular formula is C31H32FN3O3S. The molecule has 4 aromatic rings. The van der Waals surface area contributed by atoms with Crippen molar-refractivity contribution in [2.24, 2.45) is 5.92 Å². The van der Waals surface area contributed by atoms with Crippen LogP contribution < -0.4 is 0 Å². The SMILES string of the molecule is CO[C@@]1(c2ccccc2)C[C@H]2CN(S(=O)(=O)C3CC3)C[C@@]2(c2cc3cnn(-c4ccc(F)cc4)c3cc2C)C1. The van der Waals surface area contributed by atoms with E-state index in [2.05, 4.69) is 36.3 Å². The first-order valence-corrected chi connectivity index (χ1v) is 15.1. The number of sulfonamides is 1. The molecule has 3 aromatic carbocycles. The number of nitrogens with zero attached hydrogens (tertiary/aromatic N) is 3. The highest BCUT2D eigenvalue weighted by Crippen LogP contribution is 2.60. The fourth-order valence-electron chi connectivity index (χ4n) is 7.28. The maximum atomic E-state index is 13.6. The monoisotopic (exact) mass is 545 g/mol. The lowest BCUT2D eigenvalue weighted by Crippen LogP contribution is -2.39. The Labute approximate surface area is 228 Å². The molecule has 8 heteroatoms. The lowest BCUT2D eigenvalue weighted by molar-refractivity contribution is -0.0183. The van der Waals surface area contributed by atoms with Crippen molar-refractivity contribution in [1.29, 1.82) is 0 Å².